The summed E-state index contributed by atoms with van der Waals surface area (Å²) in [7, 11) is 0. The number of nitrogen functional groups attached to an aromatic ring is 1. The molecule has 1 aliphatic rings. The maximum atomic E-state index is 13.1. The summed E-state index contributed by atoms with van der Waals surface area (Å²) in [6, 6.07) is 9.07. The van der Waals surface area contributed by atoms with Gasteiger partial charge in [-0.3, -0.25) is 28.7 Å². The number of aromatic nitrogens is 2. The van der Waals surface area contributed by atoms with Crippen molar-refractivity contribution in [3.8, 4) is 0 Å². The van der Waals surface area contributed by atoms with Crippen molar-refractivity contribution in [3.63, 3.8) is 0 Å². The van der Waals surface area contributed by atoms with Crippen LogP contribution in [0.4, 0.5) is 11.5 Å². The number of hydrogen-bond acceptors (Lipinski definition) is 7. The van der Waals surface area contributed by atoms with Crippen molar-refractivity contribution >= 4 is 29.3 Å². The Morgan fingerprint density at radius 1 is 1.11 bits per heavy atom. The molecule has 0 spiro atoms. The summed E-state index contributed by atoms with van der Waals surface area (Å²) in [6.07, 6.45) is 2.90. The molecule has 1 saturated heterocycles. The molecule has 0 aliphatic carbocycles. The van der Waals surface area contributed by atoms with Gasteiger partial charge in [-0.1, -0.05) is 50.6 Å². The lowest BCUT2D eigenvalue weighted by atomic mass is 10.2. The number of amides is 2. The number of nitrogens with one attached hydrogen (secondary N) is 1. The van der Waals surface area contributed by atoms with Crippen LogP contribution in [0, 0.1) is 5.92 Å². The number of nitrogens with two attached hydrogens (primary N) is 1. The van der Waals surface area contributed by atoms with Gasteiger partial charge in [0, 0.05) is 19.5 Å². The van der Waals surface area contributed by atoms with Crippen LogP contribution in [0.15, 0.2) is 39.9 Å². The second kappa shape index (κ2) is 12.2. The van der Waals surface area contributed by atoms with E-state index < -0.39 is 29.7 Å². The Bertz CT molecular complexity index is 1200. The van der Waals surface area contributed by atoms with Crippen LogP contribution in [-0.4, -0.2) is 58.5 Å². The normalized spacial score (nSPS) is 14.0. The third-order valence-electron chi connectivity index (χ3n) is 5.86. The summed E-state index contributed by atoms with van der Waals surface area (Å²) in [5.41, 5.74) is 5.35. The maximum Gasteiger partial charge on any atom is 0.330 e. The van der Waals surface area contributed by atoms with Gasteiger partial charge >= 0.3 is 11.7 Å². The van der Waals surface area contributed by atoms with Crippen molar-refractivity contribution in [1.82, 2.24) is 14.5 Å². The third-order valence-corrected chi connectivity index (χ3v) is 5.86. The fourth-order valence-corrected chi connectivity index (χ4v) is 4.07. The van der Waals surface area contributed by atoms with Gasteiger partial charge < -0.3 is 20.3 Å². The monoisotopic (exact) mass is 499 g/mol. The number of aromatic amines is 1. The van der Waals surface area contributed by atoms with Gasteiger partial charge in [-0.15, -0.1) is 0 Å². The number of esters is 1. The van der Waals surface area contributed by atoms with Crippen LogP contribution in [-0.2, 0) is 25.7 Å². The number of ether oxygens (including phenoxy) is 1. The van der Waals surface area contributed by atoms with E-state index in [-0.39, 0.29) is 43.0 Å². The van der Waals surface area contributed by atoms with E-state index >= 15 is 0 Å². The zero-order valence-corrected chi connectivity index (χ0v) is 20.7. The van der Waals surface area contributed by atoms with Crippen molar-refractivity contribution < 1.29 is 19.1 Å². The zero-order chi connectivity index (χ0) is 26.2. The molecule has 11 heteroatoms. The van der Waals surface area contributed by atoms with Crippen LogP contribution >= 0.6 is 0 Å². The van der Waals surface area contributed by atoms with Gasteiger partial charge in [-0.25, -0.2) is 4.79 Å². The Kier molecular flexibility index (Phi) is 9.04. The van der Waals surface area contributed by atoms with Crippen LogP contribution in [0.1, 0.15) is 45.1 Å². The molecule has 1 fully saturated rings. The van der Waals surface area contributed by atoms with E-state index in [1.54, 1.807) is 0 Å². The summed E-state index contributed by atoms with van der Waals surface area (Å²) >= 11 is 0. The molecule has 1 aliphatic heterocycles. The third kappa shape index (κ3) is 6.83. The Balaban J connectivity index is 1.80. The topological polar surface area (TPSA) is 148 Å². The highest BCUT2D eigenvalue weighted by atomic mass is 16.5. The van der Waals surface area contributed by atoms with Crippen molar-refractivity contribution in [2.75, 3.05) is 36.9 Å². The van der Waals surface area contributed by atoms with Gasteiger partial charge in [-0.05, 0) is 24.3 Å². The lowest BCUT2D eigenvalue weighted by molar-refractivity contribution is -0.151. The van der Waals surface area contributed by atoms with Crippen LogP contribution in [0.25, 0.3) is 0 Å². The zero-order valence-electron chi connectivity index (χ0n) is 20.7. The van der Waals surface area contributed by atoms with Gasteiger partial charge in [0.2, 0.25) is 5.91 Å². The molecule has 194 valence electrons. The van der Waals surface area contributed by atoms with Gasteiger partial charge in [0.05, 0.1) is 6.54 Å². The first-order valence-electron chi connectivity index (χ1n) is 12.1. The fourth-order valence-electron chi connectivity index (χ4n) is 4.07. The second-order valence-corrected chi connectivity index (χ2v) is 9.25. The average Bonchev–Trinajstić information content (AvgIpc) is 3.03. The largest absolute Gasteiger partial charge is 0.454 e. The Morgan fingerprint density at radius 3 is 2.53 bits per heavy atom. The highest BCUT2D eigenvalue weighted by Gasteiger charge is 2.27. The number of likely N-dealkylation sites (tertiary alicyclic amines) is 1. The maximum absolute atomic E-state index is 13.1. The van der Waals surface area contributed by atoms with Gasteiger partial charge in [0.25, 0.3) is 11.5 Å². The van der Waals surface area contributed by atoms with Crippen molar-refractivity contribution in [1.29, 1.82) is 0 Å². The van der Waals surface area contributed by atoms with Crippen LogP contribution < -0.4 is 21.9 Å². The number of carbonyl (C=O) groups is 3. The molecule has 0 atom stereocenters. The Hall–Kier alpha value is -3.89. The molecule has 0 bridgehead atoms. The molecule has 0 unspecified atom stereocenters. The SMILES string of the molecule is CC(C)CN(C(=O)COC(=O)CN1CCCCCC1=O)c1c(N)n(Cc2ccccc2)c(=O)[nH]c1=O. The molecule has 3 N–H and O–H groups in total. The molecular formula is C25H33N5O6. The number of hydrogen-bond donors (Lipinski definition) is 2. The van der Waals surface area contributed by atoms with E-state index in [4.69, 9.17) is 10.5 Å². The minimum Gasteiger partial charge on any atom is -0.454 e. The molecule has 2 amide bonds. The quantitative estimate of drug-likeness (QED) is 0.491. The molecular weight excluding hydrogens is 466 g/mol. The fraction of sp³-hybridized carbons (Fsp3) is 0.480. The number of carbonyl (C=O) groups excluding carboxylic acids is 3. The first-order valence-corrected chi connectivity index (χ1v) is 12.1. The van der Waals surface area contributed by atoms with E-state index in [0.717, 1.165) is 29.7 Å². The Morgan fingerprint density at radius 2 is 1.83 bits per heavy atom. The van der Waals surface area contributed by atoms with Crippen LogP contribution in [0.3, 0.4) is 0 Å². The van der Waals surface area contributed by atoms with Crippen LogP contribution in [0.2, 0.25) is 0 Å². The minimum absolute atomic E-state index is 0.0623. The van der Waals surface area contributed by atoms with E-state index in [0.29, 0.717) is 13.0 Å². The predicted octanol–water partition coefficient (Wildman–Crippen LogP) is 1.10. The van der Waals surface area contributed by atoms with E-state index in [1.807, 2.05) is 44.2 Å². The number of nitrogens with zero attached hydrogens (tertiary/aromatic N) is 3. The second-order valence-electron chi connectivity index (χ2n) is 9.25. The lowest BCUT2D eigenvalue weighted by Gasteiger charge is -2.26. The summed E-state index contributed by atoms with van der Waals surface area (Å²) in [6.45, 7) is 3.50. The number of benzene rings is 1. The molecule has 3 rings (SSSR count). The van der Waals surface area contributed by atoms with Crippen molar-refractivity contribution in [2.45, 2.75) is 46.1 Å². The highest BCUT2D eigenvalue weighted by molar-refractivity contribution is 5.97. The summed E-state index contributed by atoms with van der Waals surface area (Å²) in [4.78, 5) is 67.7. The highest BCUT2D eigenvalue weighted by Crippen LogP contribution is 2.20. The first-order chi connectivity index (χ1) is 17.2. The van der Waals surface area contributed by atoms with E-state index in [9.17, 15) is 24.0 Å². The number of H-pyrrole nitrogens is 1. The molecule has 2 heterocycles. The predicted molar refractivity (Wildman–Crippen MR) is 134 cm³/mol. The molecule has 11 nitrogen and oxygen atoms in total. The average molecular weight is 500 g/mol. The Labute approximate surface area is 208 Å². The molecule has 2 aromatic rings. The van der Waals surface area contributed by atoms with Gasteiger partial charge in [0.15, 0.2) is 12.3 Å². The summed E-state index contributed by atoms with van der Waals surface area (Å²) in [5.74, 6) is -1.71. The van der Waals surface area contributed by atoms with E-state index in [1.165, 1.54) is 9.47 Å². The smallest absolute Gasteiger partial charge is 0.330 e. The molecule has 36 heavy (non-hydrogen) atoms. The van der Waals surface area contributed by atoms with E-state index in [2.05, 4.69) is 4.98 Å². The lowest BCUT2D eigenvalue weighted by Crippen LogP contribution is -2.44. The minimum atomic E-state index is -0.808. The van der Waals surface area contributed by atoms with Crippen molar-refractivity contribution in [2.24, 2.45) is 5.92 Å². The number of anilines is 2. The van der Waals surface area contributed by atoms with Crippen LogP contribution in [0.5, 0.6) is 0 Å². The molecule has 1 aromatic heterocycles. The standard InChI is InChI=1S/C25H33N5O6/c1-17(2)13-29(20(32)16-36-21(33)15-28-12-8-4-7-11-19(28)31)22-23(26)30(25(35)27-24(22)34)14-18-9-5-3-6-10-18/h3,5-6,9-10,17H,4,7-8,11-16,26H2,1-2H3,(H,27,34,35). The van der Waals surface area contributed by atoms with Gasteiger partial charge in [0.1, 0.15) is 12.4 Å². The summed E-state index contributed by atoms with van der Waals surface area (Å²) < 4.78 is 6.35. The molecule has 1 aromatic carbocycles. The summed E-state index contributed by atoms with van der Waals surface area (Å²) in [5, 5.41) is 0. The van der Waals surface area contributed by atoms with Crippen molar-refractivity contribution in [3.05, 3.63) is 56.7 Å². The molecule has 0 saturated carbocycles. The first kappa shape index (κ1) is 26.7. The van der Waals surface area contributed by atoms with Gasteiger partial charge in [-0.2, -0.15) is 0 Å². The molecule has 0 radical (unpaired) electrons. The number of rotatable bonds is 9.